The number of para-hydroxylation sites is 3. The number of hydrogen-bond donors (Lipinski definition) is 3. The lowest BCUT2D eigenvalue weighted by atomic mass is 10.2. The van der Waals surface area contributed by atoms with Crippen LogP contribution in [0.5, 0.6) is 11.5 Å². The summed E-state index contributed by atoms with van der Waals surface area (Å²) in [4.78, 5) is 12.2. The van der Waals surface area contributed by atoms with Gasteiger partial charge in [-0.15, -0.1) is 0 Å². The lowest BCUT2D eigenvalue weighted by Crippen LogP contribution is -2.19. The molecule has 0 unspecified atom stereocenters. The largest absolute Gasteiger partial charge is 0.507 e. The second-order valence-corrected chi connectivity index (χ2v) is 7.77. The van der Waals surface area contributed by atoms with Gasteiger partial charge in [-0.05, 0) is 42.5 Å². The number of ether oxygens (including phenoxy) is 1. The van der Waals surface area contributed by atoms with Crippen molar-refractivity contribution in [2.24, 2.45) is 5.10 Å². The van der Waals surface area contributed by atoms with Crippen molar-refractivity contribution in [3.8, 4) is 11.5 Å². The zero-order valence-electron chi connectivity index (χ0n) is 15.9. The van der Waals surface area contributed by atoms with Gasteiger partial charge in [0.15, 0.2) is 0 Å². The number of sulfonamides is 1. The maximum atomic E-state index is 12.7. The van der Waals surface area contributed by atoms with E-state index in [1.54, 1.807) is 42.5 Å². The van der Waals surface area contributed by atoms with E-state index in [1.807, 2.05) is 0 Å². The molecule has 0 bridgehead atoms. The first-order valence-corrected chi connectivity index (χ1v) is 10.3. The highest BCUT2D eigenvalue weighted by Gasteiger charge is 2.18. The van der Waals surface area contributed by atoms with Crippen LogP contribution in [0.15, 0.2) is 82.8 Å². The van der Waals surface area contributed by atoms with Crippen molar-refractivity contribution in [1.29, 1.82) is 0 Å². The van der Waals surface area contributed by atoms with E-state index in [9.17, 15) is 18.3 Å². The number of nitrogens with one attached hydrogen (secondary N) is 2. The van der Waals surface area contributed by atoms with E-state index >= 15 is 0 Å². The number of hydrogen-bond acceptors (Lipinski definition) is 6. The molecule has 8 nitrogen and oxygen atoms in total. The average Bonchev–Trinajstić information content (AvgIpc) is 2.75. The van der Waals surface area contributed by atoms with E-state index in [1.165, 1.54) is 43.7 Å². The van der Waals surface area contributed by atoms with Crippen molar-refractivity contribution in [3.63, 3.8) is 0 Å². The van der Waals surface area contributed by atoms with Gasteiger partial charge in [-0.25, -0.2) is 13.8 Å². The summed E-state index contributed by atoms with van der Waals surface area (Å²) in [5.74, 6) is -0.213. The third-order valence-corrected chi connectivity index (χ3v) is 5.43. The Hall–Kier alpha value is -3.85. The fourth-order valence-electron chi connectivity index (χ4n) is 2.56. The molecule has 0 fully saturated rings. The van der Waals surface area contributed by atoms with Gasteiger partial charge in [0.1, 0.15) is 11.5 Å². The number of amides is 1. The number of benzene rings is 3. The summed E-state index contributed by atoms with van der Waals surface area (Å²) in [6, 6.07) is 18.6. The van der Waals surface area contributed by atoms with Crippen molar-refractivity contribution >= 4 is 27.8 Å². The summed E-state index contributed by atoms with van der Waals surface area (Å²) in [5.41, 5.74) is 3.12. The number of hydrazone groups is 1. The zero-order chi connectivity index (χ0) is 21.6. The quantitative estimate of drug-likeness (QED) is 0.397. The molecular formula is C21H19N3O5S. The van der Waals surface area contributed by atoms with Crippen LogP contribution >= 0.6 is 0 Å². The van der Waals surface area contributed by atoms with Gasteiger partial charge in [0.2, 0.25) is 0 Å². The number of carbonyl (C=O) groups is 1. The number of aromatic hydroxyl groups is 1. The van der Waals surface area contributed by atoms with Crippen LogP contribution < -0.4 is 14.9 Å². The molecule has 0 aliphatic carbocycles. The highest BCUT2D eigenvalue weighted by molar-refractivity contribution is 7.92. The van der Waals surface area contributed by atoms with E-state index in [-0.39, 0.29) is 21.9 Å². The summed E-state index contributed by atoms with van der Waals surface area (Å²) in [6.45, 7) is 0. The monoisotopic (exact) mass is 425 g/mol. The minimum atomic E-state index is -3.95. The number of methoxy groups -OCH3 is 1. The molecule has 3 aromatic carbocycles. The van der Waals surface area contributed by atoms with Crippen LogP contribution in [0.4, 0.5) is 5.69 Å². The van der Waals surface area contributed by atoms with Crippen LogP contribution in [0.2, 0.25) is 0 Å². The third kappa shape index (κ3) is 4.95. The van der Waals surface area contributed by atoms with Crippen LogP contribution in [0.25, 0.3) is 0 Å². The lowest BCUT2D eigenvalue weighted by Gasteiger charge is -2.12. The molecule has 30 heavy (non-hydrogen) atoms. The average molecular weight is 425 g/mol. The van der Waals surface area contributed by atoms with Crippen LogP contribution in [-0.2, 0) is 10.0 Å². The van der Waals surface area contributed by atoms with Crippen molar-refractivity contribution in [1.82, 2.24) is 5.43 Å². The highest BCUT2D eigenvalue weighted by Crippen LogP contribution is 2.26. The van der Waals surface area contributed by atoms with Gasteiger partial charge in [0.05, 0.1) is 23.9 Å². The molecule has 0 saturated heterocycles. The Kier molecular flexibility index (Phi) is 6.33. The molecule has 9 heteroatoms. The molecule has 0 aliphatic rings. The SMILES string of the molecule is COc1ccccc1NS(=O)(=O)c1cccc(C(=O)N/N=C/c2ccccc2O)c1. The molecule has 1 amide bonds. The minimum Gasteiger partial charge on any atom is -0.507 e. The Morgan fingerprint density at radius 2 is 1.77 bits per heavy atom. The molecule has 3 aromatic rings. The van der Waals surface area contributed by atoms with E-state index in [2.05, 4.69) is 15.2 Å². The number of carbonyl (C=O) groups excluding carboxylic acids is 1. The van der Waals surface area contributed by atoms with Crippen LogP contribution in [-0.4, -0.2) is 32.8 Å². The predicted molar refractivity (Wildman–Crippen MR) is 113 cm³/mol. The molecule has 0 spiro atoms. The van der Waals surface area contributed by atoms with Gasteiger partial charge < -0.3 is 9.84 Å². The van der Waals surface area contributed by atoms with Crippen molar-refractivity contribution in [3.05, 3.63) is 83.9 Å². The molecule has 0 saturated carbocycles. The Balaban J connectivity index is 1.76. The van der Waals surface area contributed by atoms with Crippen LogP contribution in [0.3, 0.4) is 0 Å². The molecule has 0 aromatic heterocycles. The van der Waals surface area contributed by atoms with E-state index in [0.29, 0.717) is 11.3 Å². The van der Waals surface area contributed by atoms with E-state index in [0.717, 1.165) is 0 Å². The van der Waals surface area contributed by atoms with Gasteiger partial charge >= 0.3 is 0 Å². The van der Waals surface area contributed by atoms with Crippen molar-refractivity contribution in [2.75, 3.05) is 11.8 Å². The second kappa shape index (κ2) is 9.10. The molecule has 0 aliphatic heterocycles. The fourth-order valence-corrected chi connectivity index (χ4v) is 3.67. The van der Waals surface area contributed by atoms with Gasteiger partial charge in [-0.2, -0.15) is 5.10 Å². The molecule has 3 N–H and O–H groups in total. The summed E-state index contributed by atoms with van der Waals surface area (Å²) < 4.78 is 33.1. The lowest BCUT2D eigenvalue weighted by molar-refractivity contribution is 0.0955. The molecule has 154 valence electrons. The first-order chi connectivity index (χ1) is 14.4. The first kappa shape index (κ1) is 20.9. The highest BCUT2D eigenvalue weighted by atomic mass is 32.2. The van der Waals surface area contributed by atoms with E-state index < -0.39 is 15.9 Å². The topological polar surface area (TPSA) is 117 Å². The van der Waals surface area contributed by atoms with Crippen LogP contribution in [0.1, 0.15) is 15.9 Å². The fraction of sp³-hybridized carbons (Fsp3) is 0.0476. The maximum Gasteiger partial charge on any atom is 0.271 e. The van der Waals surface area contributed by atoms with Crippen molar-refractivity contribution < 1.29 is 23.1 Å². The van der Waals surface area contributed by atoms with Gasteiger partial charge in [-0.3, -0.25) is 9.52 Å². The number of rotatable bonds is 7. The summed E-state index contributed by atoms with van der Waals surface area (Å²) in [7, 11) is -2.51. The van der Waals surface area contributed by atoms with Gasteiger partial charge in [0.25, 0.3) is 15.9 Å². The Bertz CT molecular complexity index is 1190. The molecule has 3 rings (SSSR count). The summed E-state index contributed by atoms with van der Waals surface area (Å²) in [6.07, 6.45) is 1.29. The molecule has 0 atom stereocenters. The zero-order valence-corrected chi connectivity index (χ0v) is 16.8. The number of anilines is 1. The Morgan fingerprint density at radius 3 is 2.53 bits per heavy atom. The molecule has 0 heterocycles. The van der Waals surface area contributed by atoms with E-state index in [4.69, 9.17) is 4.74 Å². The normalized spacial score (nSPS) is 11.2. The second-order valence-electron chi connectivity index (χ2n) is 6.09. The number of nitrogens with zero attached hydrogens (tertiary/aromatic N) is 1. The summed E-state index contributed by atoms with van der Waals surface area (Å²) in [5, 5.41) is 13.5. The molecule has 0 radical (unpaired) electrons. The van der Waals surface area contributed by atoms with Gasteiger partial charge in [0, 0.05) is 11.1 Å². The first-order valence-electron chi connectivity index (χ1n) is 8.78. The predicted octanol–water partition coefficient (Wildman–Crippen LogP) is 2.97. The number of phenols is 1. The Labute approximate surface area is 173 Å². The maximum absolute atomic E-state index is 12.7. The van der Waals surface area contributed by atoms with Crippen molar-refractivity contribution in [2.45, 2.75) is 4.90 Å². The standard InChI is InChI=1S/C21H19N3O5S/c1-29-20-12-5-3-10-18(20)24-30(27,28)17-9-6-8-15(13-17)21(26)23-22-14-16-7-2-4-11-19(16)25/h2-14,24-25H,1H3,(H,23,26)/b22-14+. The number of phenolic OH excluding ortho intramolecular Hbond substituents is 1. The van der Waals surface area contributed by atoms with Gasteiger partial charge in [-0.1, -0.05) is 30.3 Å². The Morgan fingerprint density at radius 1 is 1.03 bits per heavy atom. The summed E-state index contributed by atoms with van der Waals surface area (Å²) >= 11 is 0. The minimum absolute atomic E-state index is 0.0194. The smallest absolute Gasteiger partial charge is 0.271 e. The molecular weight excluding hydrogens is 406 g/mol. The van der Waals surface area contributed by atoms with Crippen LogP contribution in [0, 0.1) is 0 Å². The third-order valence-electron chi connectivity index (χ3n) is 4.06.